The highest BCUT2D eigenvalue weighted by Gasteiger charge is 2.14. The van der Waals surface area contributed by atoms with Crippen LogP contribution >= 0.6 is 0 Å². The van der Waals surface area contributed by atoms with Crippen LogP contribution in [0.1, 0.15) is 11.6 Å². The maximum atomic E-state index is 5.87. The van der Waals surface area contributed by atoms with Gasteiger partial charge in [0.15, 0.2) is 11.5 Å². The van der Waals surface area contributed by atoms with E-state index in [-0.39, 0.29) is 6.04 Å². The monoisotopic (exact) mass is 270 g/mol. The summed E-state index contributed by atoms with van der Waals surface area (Å²) < 4.78 is 11.1. The van der Waals surface area contributed by atoms with Gasteiger partial charge in [-0.15, -0.1) is 0 Å². The van der Waals surface area contributed by atoms with E-state index in [0.717, 1.165) is 17.2 Å². The fourth-order valence-electron chi connectivity index (χ4n) is 2.30. The molecule has 0 saturated carbocycles. The molecule has 1 aliphatic rings. The van der Waals surface area contributed by atoms with Crippen LogP contribution < -0.4 is 20.5 Å². The van der Waals surface area contributed by atoms with E-state index in [9.17, 15) is 0 Å². The molecule has 1 atom stereocenters. The van der Waals surface area contributed by atoms with Gasteiger partial charge in [-0.3, -0.25) is 0 Å². The smallest absolute Gasteiger partial charge is 0.163 e. The van der Waals surface area contributed by atoms with Gasteiger partial charge in [-0.1, -0.05) is 30.3 Å². The molecular formula is C16H18N2O2. The topological polar surface area (TPSA) is 56.5 Å². The van der Waals surface area contributed by atoms with E-state index < -0.39 is 0 Å². The number of nitrogens with one attached hydrogen (secondary N) is 1. The molecule has 4 nitrogen and oxygen atoms in total. The lowest BCUT2D eigenvalue weighted by molar-refractivity contribution is 0.171. The van der Waals surface area contributed by atoms with Crippen LogP contribution in [0.4, 0.5) is 5.69 Å². The molecule has 3 N–H and O–H groups in total. The summed E-state index contributed by atoms with van der Waals surface area (Å²) in [4.78, 5) is 0. The van der Waals surface area contributed by atoms with Gasteiger partial charge in [0, 0.05) is 18.3 Å². The van der Waals surface area contributed by atoms with Gasteiger partial charge in [0.05, 0.1) is 6.04 Å². The average Bonchev–Trinajstić information content (AvgIpc) is 2.53. The maximum absolute atomic E-state index is 5.87. The average molecular weight is 270 g/mol. The Balaban J connectivity index is 1.79. The van der Waals surface area contributed by atoms with Crippen molar-refractivity contribution in [2.24, 2.45) is 5.73 Å². The predicted octanol–water partition coefficient (Wildman–Crippen LogP) is 2.57. The summed E-state index contributed by atoms with van der Waals surface area (Å²) in [5.41, 5.74) is 8.02. The van der Waals surface area contributed by atoms with Gasteiger partial charge >= 0.3 is 0 Å². The second kappa shape index (κ2) is 5.84. The van der Waals surface area contributed by atoms with Crippen molar-refractivity contribution in [2.45, 2.75) is 6.04 Å². The van der Waals surface area contributed by atoms with Crippen molar-refractivity contribution in [1.82, 2.24) is 0 Å². The third-order valence-corrected chi connectivity index (χ3v) is 3.32. The molecule has 20 heavy (non-hydrogen) atoms. The SMILES string of the molecule is NCC(Nc1ccc2c(c1)OCCO2)c1ccccc1. The minimum Gasteiger partial charge on any atom is -0.486 e. The molecule has 0 radical (unpaired) electrons. The molecule has 2 aromatic carbocycles. The number of rotatable bonds is 4. The van der Waals surface area contributed by atoms with Crippen LogP contribution in [0.2, 0.25) is 0 Å². The summed E-state index contributed by atoms with van der Waals surface area (Å²) in [6, 6.07) is 16.1. The summed E-state index contributed by atoms with van der Waals surface area (Å²) in [5.74, 6) is 1.58. The Hall–Kier alpha value is -2.20. The van der Waals surface area contributed by atoms with Gasteiger partial charge in [0.25, 0.3) is 0 Å². The number of hydrogen-bond donors (Lipinski definition) is 2. The largest absolute Gasteiger partial charge is 0.486 e. The maximum Gasteiger partial charge on any atom is 0.163 e. The first-order valence-corrected chi connectivity index (χ1v) is 6.78. The third-order valence-electron chi connectivity index (χ3n) is 3.32. The highest BCUT2D eigenvalue weighted by molar-refractivity contribution is 5.56. The van der Waals surface area contributed by atoms with E-state index in [2.05, 4.69) is 17.4 Å². The minimum absolute atomic E-state index is 0.0822. The quantitative estimate of drug-likeness (QED) is 0.896. The van der Waals surface area contributed by atoms with Gasteiger partial charge in [-0.25, -0.2) is 0 Å². The van der Waals surface area contributed by atoms with Crippen LogP contribution in [-0.4, -0.2) is 19.8 Å². The van der Waals surface area contributed by atoms with E-state index in [1.807, 2.05) is 36.4 Å². The lowest BCUT2D eigenvalue weighted by Crippen LogP contribution is -2.21. The van der Waals surface area contributed by atoms with Gasteiger partial charge in [-0.05, 0) is 17.7 Å². The van der Waals surface area contributed by atoms with Crippen LogP contribution in [0.3, 0.4) is 0 Å². The van der Waals surface area contributed by atoms with Crippen molar-refractivity contribution < 1.29 is 9.47 Å². The lowest BCUT2D eigenvalue weighted by Gasteiger charge is -2.22. The standard InChI is InChI=1S/C16H18N2O2/c17-11-14(12-4-2-1-3-5-12)18-13-6-7-15-16(10-13)20-9-8-19-15/h1-7,10,14,18H,8-9,11,17H2. The number of nitrogens with two attached hydrogens (primary N) is 1. The summed E-state index contributed by atoms with van der Waals surface area (Å²) in [7, 11) is 0. The molecule has 0 fully saturated rings. The van der Waals surface area contributed by atoms with Crippen molar-refractivity contribution in [2.75, 3.05) is 25.1 Å². The molecule has 0 saturated heterocycles. The van der Waals surface area contributed by atoms with Crippen LogP contribution in [0.15, 0.2) is 48.5 Å². The first kappa shape index (κ1) is 12.8. The minimum atomic E-state index is 0.0822. The second-order valence-electron chi connectivity index (χ2n) is 4.70. The van der Waals surface area contributed by atoms with E-state index in [1.54, 1.807) is 0 Å². The normalized spacial score (nSPS) is 14.7. The van der Waals surface area contributed by atoms with Crippen LogP contribution in [0, 0.1) is 0 Å². The second-order valence-corrected chi connectivity index (χ2v) is 4.70. The van der Waals surface area contributed by atoms with Crippen molar-refractivity contribution in [3.05, 3.63) is 54.1 Å². The van der Waals surface area contributed by atoms with Gasteiger partial charge < -0.3 is 20.5 Å². The fourth-order valence-corrected chi connectivity index (χ4v) is 2.30. The number of anilines is 1. The Morgan fingerprint density at radius 3 is 2.50 bits per heavy atom. The Morgan fingerprint density at radius 1 is 1.00 bits per heavy atom. The van der Waals surface area contributed by atoms with Crippen LogP contribution in [0.25, 0.3) is 0 Å². The Morgan fingerprint density at radius 2 is 1.75 bits per heavy atom. The molecule has 0 bridgehead atoms. The highest BCUT2D eigenvalue weighted by Crippen LogP contribution is 2.33. The Bertz CT molecular complexity index is 572. The molecule has 1 aliphatic heterocycles. The van der Waals surface area contributed by atoms with Gasteiger partial charge in [0.2, 0.25) is 0 Å². The van der Waals surface area contributed by atoms with E-state index in [1.165, 1.54) is 5.56 Å². The highest BCUT2D eigenvalue weighted by atomic mass is 16.6. The third kappa shape index (κ3) is 2.70. The number of ether oxygens (including phenoxy) is 2. The molecule has 0 aromatic heterocycles. The molecule has 4 heteroatoms. The summed E-state index contributed by atoms with van der Waals surface area (Å²) in [5, 5.41) is 3.43. The van der Waals surface area contributed by atoms with E-state index in [4.69, 9.17) is 15.2 Å². The Labute approximate surface area is 118 Å². The first-order valence-electron chi connectivity index (χ1n) is 6.78. The number of hydrogen-bond acceptors (Lipinski definition) is 4. The summed E-state index contributed by atoms with van der Waals surface area (Å²) in [6.07, 6.45) is 0. The molecular weight excluding hydrogens is 252 g/mol. The molecule has 1 heterocycles. The zero-order valence-electron chi connectivity index (χ0n) is 11.2. The summed E-state index contributed by atoms with van der Waals surface area (Å²) in [6.45, 7) is 1.73. The van der Waals surface area contributed by atoms with Crippen molar-refractivity contribution in [1.29, 1.82) is 0 Å². The molecule has 0 aliphatic carbocycles. The molecule has 1 unspecified atom stereocenters. The van der Waals surface area contributed by atoms with Crippen molar-refractivity contribution >= 4 is 5.69 Å². The first-order chi connectivity index (χ1) is 9.86. The molecule has 0 spiro atoms. The zero-order chi connectivity index (χ0) is 13.8. The van der Waals surface area contributed by atoms with Crippen LogP contribution in [0.5, 0.6) is 11.5 Å². The van der Waals surface area contributed by atoms with Gasteiger partial charge in [-0.2, -0.15) is 0 Å². The number of fused-ring (bicyclic) bond motifs is 1. The lowest BCUT2D eigenvalue weighted by atomic mass is 10.1. The Kier molecular flexibility index (Phi) is 3.74. The van der Waals surface area contributed by atoms with Gasteiger partial charge in [0.1, 0.15) is 13.2 Å². The molecule has 104 valence electrons. The van der Waals surface area contributed by atoms with Crippen molar-refractivity contribution in [3.8, 4) is 11.5 Å². The van der Waals surface area contributed by atoms with Crippen LogP contribution in [-0.2, 0) is 0 Å². The van der Waals surface area contributed by atoms with E-state index in [0.29, 0.717) is 19.8 Å². The predicted molar refractivity (Wildman–Crippen MR) is 79.3 cm³/mol. The fraction of sp³-hybridized carbons (Fsp3) is 0.250. The van der Waals surface area contributed by atoms with Crippen molar-refractivity contribution in [3.63, 3.8) is 0 Å². The number of benzene rings is 2. The molecule has 2 aromatic rings. The molecule has 3 rings (SSSR count). The summed E-state index contributed by atoms with van der Waals surface area (Å²) >= 11 is 0. The zero-order valence-corrected chi connectivity index (χ0v) is 11.2. The van der Waals surface area contributed by atoms with E-state index >= 15 is 0 Å². The molecule has 0 amide bonds.